The van der Waals surface area contributed by atoms with Crippen LogP contribution in [-0.2, 0) is 6.42 Å². The molecule has 0 N–H and O–H groups in total. The van der Waals surface area contributed by atoms with Gasteiger partial charge in [0.25, 0.3) is 0 Å². The third kappa shape index (κ3) is 5.44. The number of thiocyanates is 1. The molecular formula is C15H21NO2S. The van der Waals surface area contributed by atoms with Crippen molar-refractivity contribution in [1.82, 2.24) is 0 Å². The fraction of sp³-hybridized carbons (Fsp3) is 0.533. The zero-order chi connectivity index (χ0) is 14.1. The highest BCUT2D eigenvalue weighted by molar-refractivity contribution is 8.03. The van der Waals surface area contributed by atoms with Gasteiger partial charge in [0.2, 0.25) is 0 Å². The van der Waals surface area contributed by atoms with Crippen LogP contribution in [0.3, 0.4) is 0 Å². The highest BCUT2D eigenvalue weighted by Gasteiger charge is 2.09. The minimum Gasteiger partial charge on any atom is -0.490 e. The summed E-state index contributed by atoms with van der Waals surface area (Å²) >= 11 is 1.31. The monoisotopic (exact) mass is 279 g/mol. The molecule has 0 fully saturated rings. The summed E-state index contributed by atoms with van der Waals surface area (Å²) in [7, 11) is 0. The third-order valence-corrected chi connectivity index (χ3v) is 3.49. The van der Waals surface area contributed by atoms with Crippen LogP contribution in [0.15, 0.2) is 18.2 Å². The van der Waals surface area contributed by atoms with Crippen LogP contribution < -0.4 is 9.47 Å². The molecule has 1 aromatic carbocycles. The minimum atomic E-state index is 0.470. The first-order valence-corrected chi connectivity index (χ1v) is 7.59. The second-order valence-electron chi connectivity index (χ2n) is 4.36. The van der Waals surface area contributed by atoms with E-state index in [1.165, 1.54) is 17.3 Å². The van der Waals surface area contributed by atoms with E-state index in [9.17, 15) is 0 Å². The first-order chi connectivity index (χ1) is 9.21. The number of nitrogens with zero attached hydrogens (tertiary/aromatic N) is 1. The average Bonchev–Trinajstić information content (AvgIpc) is 2.40. The van der Waals surface area contributed by atoms with Crippen molar-refractivity contribution in [1.29, 1.82) is 5.26 Å². The minimum absolute atomic E-state index is 0.470. The van der Waals surface area contributed by atoms with Crippen molar-refractivity contribution in [3.63, 3.8) is 0 Å². The Morgan fingerprint density at radius 1 is 1.21 bits per heavy atom. The van der Waals surface area contributed by atoms with E-state index in [0.717, 1.165) is 23.7 Å². The molecule has 3 nitrogen and oxygen atoms in total. The van der Waals surface area contributed by atoms with E-state index in [-0.39, 0.29) is 0 Å². The van der Waals surface area contributed by atoms with Gasteiger partial charge in [-0.2, -0.15) is 5.26 Å². The van der Waals surface area contributed by atoms with Crippen molar-refractivity contribution in [2.45, 2.75) is 27.2 Å². The largest absolute Gasteiger partial charge is 0.490 e. The second-order valence-corrected chi connectivity index (χ2v) is 5.16. The van der Waals surface area contributed by atoms with E-state index >= 15 is 0 Å². The van der Waals surface area contributed by atoms with Gasteiger partial charge in [0.1, 0.15) is 5.40 Å². The van der Waals surface area contributed by atoms with Gasteiger partial charge in [-0.15, -0.1) is 0 Å². The number of nitriles is 1. The van der Waals surface area contributed by atoms with Gasteiger partial charge < -0.3 is 9.47 Å². The van der Waals surface area contributed by atoms with Crippen LogP contribution >= 0.6 is 11.8 Å². The van der Waals surface area contributed by atoms with Crippen LogP contribution in [0.1, 0.15) is 26.3 Å². The molecular weight excluding hydrogens is 258 g/mol. The molecule has 4 heteroatoms. The summed E-state index contributed by atoms with van der Waals surface area (Å²) in [4.78, 5) is 0. The number of rotatable bonds is 8. The topological polar surface area (TPSA) is 42.2 Å². The van der Waals surface area contributed by atoms with Crippen molar-refractivity contribution in [3.8, 4) is 16.9 Å². The lowest BCUT2D eigenvalue weighted by Gasteiger charge is -2.14. The highest BCUT2D eigenvalue weighted by Crippen LogP contribution is 2.29. The summed E-state index contributed by atoms with van der Waals surface area (Å²) in [5.41, 5.74) is 1.22. The maximum Gasteiger partial charge on any atom is 0.161 e. The Labute approximate surface area is 119 Å². The molecule has 0 saturated heterocycles. The molecule has 0 aromatic heterocycles. The Balaban J connectivity index is 2.74. The molecule has 104 valence electrons. The van der Waals surface area contributed by atoms with E-state index in [4.69, 9.17) is 14.7 Å². The summed E-state index contributed by atoms with van der Waals surface area (Å²) in [5, 5.41) is 10.7. The van der Waals surface area contributed by atoms with Gasteiger partial charge in [-0.3, -0.25) is 0 Å². The summed E-state index contributed by atoms with van der Waals surface area (Å²) < 4.78 is 11.2. The molecule has 19 heavy (non-hydrogen) atoms. The average molecular weight is 279 g/mol. The molecule has 0 amide bonds. The maximum atomic E-state index is 8.57. The highest BCUT2D eigenvalue weighted by atomic mass is 32.2. The molecule has 0 bridgehead atoms. The van der Waals surface area contributed by atoms with Gasteiger partial charge in [-0.1, -0.05) is 13.0 Å². The molecule has 0 saturated carbocycles. The quantitative estimate of drug-likeness (QED) is 0.677. The first kappa shape index (κ1) is 15.7. The van der Waals surface area contributed by atoms with Crippen LogP contribution in [-0.4, -0.2) is 19.0 Å². The molecule has 0 aliphatic heterocycles. The normalized spacial score (nSPS) is 11.7. The third-order valence-electron chi connectivity index (χ3n) is 2.62. The Morgan fingerprint density at radius 3 is 2.53 bits per heavy atom. The fourth-order valence-electron chi connectivity index (χ4n) is 1.86. The van der Waals surface area contributed by atoms with Crippen molar-refractivity contribution in [2.24, 2.45) is 5.92 Å². The standard InChI is InChI=1S/C15H21NO2S/c1-4-17-14-7-6-13(9-15(14)18-5-2)8-12(3)10-19-11-16/h6-7,9,12H,4-5,8,10H2,1-3H3. The number of hydrogen-bond acceptors (Lipinski definition) is 4. The number of thioether (sulfide) groups is 1. The predicted molar refractivity (Wildman–Crippen MR) is 79.7 cm³/mol. The van der Waals surface area contributed by atoms with Crippen LogP contribution in [0.5, 0.6) is 11.5 Å². The van der Waals surface area contributed by atoms with Crippen molar-refractivity contribution >= 4 is 11.8 Å². The fourth-order valence-corrected chi connectivity index (χ4v) is 2.34. The lowest BCUT2D eigenvalue weighted by Crippen LogP contribution is -2.04. The molecule has 1 unspecified atom stereocenters. The molecule has 1 rings (SSSR count). The van der Waals surface area contributed by atoms with Crippen LogP contribution in [0, 0.1) is 16.6 Å². The van der Waals surface area contributed by atoms with Gasteiger partial charge in [0.05, 0.1) is 13.2 Å². The zero-order valence-corrected chi connectivity index (χ0v) is 12.6. The zero-order valence-electron chi connectivity index (χ0n) is 11.8. The molecule has 0 heterocycles. The van der Waals surface area contributed by atoms with E-state index in [1.807, 2.05) is 26.0 Å². The lowest BCUT2D eigenvalue weighted by molar-refractivity contribution is 0.287. The molecule has 0 aliphatic carbocycles. The van der Waals surface area contributed by atoms with Gasteiger partial charge in [-0.25, -0.2) is 0 Å². The van der Waals surface area contributed by atoms with Crippen LogP contribution in [0.4, 0.5) is 0 Å². The summed E-state index contributed by atoms with van der Waals surface area (Å²) in [6, 6.07) is 6.08. The summed E-state index contributed by atoms with van der Waals surface area (Å²) in [6.07, 6.45) is 0.946. The summed E-state index contributed by atoms with van der Waals surface area (Å²) in [5.74, 6) is 2.93. The Hall–Kier alpha value is -1.34. The predicted octanol–water partition coefficient (Wildman–Crippen LogP) is 3.88. The van der Waals surface area contributed by atoms with Crippen molar-refractivity contribution in [2.75, 3.05) is 19.0 Å². The maximum absolute atomic E-state index is 8.57. The van der Waals surface area contributed by atoms with Gasteiger partial charge in [-0.05, 0) is 55.6 Å². The van der Waals surface area contributed by atoms with Crippen molar-refractivity contribution < 1.29 is 9.47 Å². The van der Waals surface area contributed by atoms with Crippen LogP contribution in [0.25, 0.3) is 0 Å². The molecule has 0 aliphatic rings. The Bertz CT molecular complexity index is 429. The van der Waals surface area contributed by atoms with E-state index in [2.05, 4.69) is 18.4 Å². The smallest absolute Gasteiger partial charge is 0.161 e. The summed E-state index contributed by atoms with van der Waals surface area (Å²) in [6.45, 7) is 7.35. The molecule has 1 aromatic rings. The number of benzene rings is 1. The van der Waals surface area contributed by atoms with Gasteiger partial charge in [0.15, 0.2) is 11.5 Å². The van der Waals surface area contributed by atoms with Gasteiger partial charge >= 0.3 is 0 Å². The Kier molecular flexibility index (Phi) is 7.20. The first-order valence-electron chi connectivity index (χ1n) is 6.60. The Morgan fingerprint density at radius 2 is 1.89 bits per heavy atom. The van der Waals surface area contributed by atoms with E-state index in [0.29, 0.717) is 19.1 Å². The van der Waals surface area contributed by atoms with Crippen molar-refractivity contribution in [3.05, 3.63) is 23.8 Å². The second kappa shape index (κ2) is 8.71. The number of ether oxygens (including phenoxy) is 2. The van der Waals surface area contributed by atoms with Crippen LogP contribution in [0.2, 0.25) is 0 Å². The van der Waals surface area contributed by atoms with Gasteiger partial charge in [0, 0.05) is 5.75 Å². The number of hydrogen-bond donors (Lipinski definition) is 0. The lowest BCUT2D eigenvalue weighted by atomic mass is 10.0. The van der Waals surface area contributed by atoms with E-state index in [1.54, 1.807) is 0 Å². The van der Waals surface area contributed by atoms with E-state index < -0.39 is 0 Å². The SMILES string of the molecule is CCOc1ccc(CC(C)CSC#N)cc1OCC. The molecule has 1 atom stereocenters. The molecule has 0 spiro atoms. The molecule has 0 radical (unpaired) electrons.